The predicted octanol–water partition coefficient (Wildman–Crippen LogP) is 4.65. The number of hydrogen-bond donors (Lipinski definition) is 2. The van der Waals surface area contributed by atoms with Crippen LogP contribution < -0.4 is 15.5 Å². The molecule has 2 amide bonds. The van der Waals surface area contributed by atoms with Gasteiger partial charge in [0.1, 0.15) is 5.75 Å². The van der Waals surface area contributed by atoms with Gasteiger partial charge in [0, 0.05) is 16.3 Å². The molecule has 0 saturated heterocycles. The molecule has 3 aromatic rings. The van der Waals surface area contributed by atoms with Crippen molar-refractivity contribution in [3.05, 3.63) is 94.0 Å². The molecule has 3 rings (SSSR count). The third kappa shape index (κ3) is 6.27. The van der Waals surface area contributed by atoms with Crippen molar-refractivity contribution in [1.82, 2.24) is 5.43 Å². The maximum Gasteiger partial charge on any atom is 0.343 e. The van der Waals surface area contributed by atoms with Crippen LogP contribution in [0.4, 0.5) is 5.69 Å². The minimum atomic E-state index is -0.958. The van der Waals surface area contributed by atoms with Crippen LogP contribution in [0.15, 0.2) is 71.8 Å². The fourth-order valence-electron chi connectivity index (χ4n) is 2.89. The molecule has 0 aliphatic rings. The molecular weight excluding hydrogens is 442 g/mol. The molecule has 0 aliphatic carbocycles. The van der Waals surface area contributed by atoms with Gasteiger partial charge < -0.3 is 10.1 Å². The van der Waals surface area contributed by atoms with E-state index in [0.717, 1.165) is 11.1 Å². The molecule has 8 heteroatoms. The first-order valence-corrected chi connectivity index (χ1v) is 10.4. The normalized spacial score (nSPS) is 11.0. The largest absolute Gasteiger partial charge is 0.422 e. The smallest absolute Gasteiger partial charge is 0.343 e. The van der Waals surface area contributed by atoms with Gasteiger partial charge in [0.25, 0.3) is 0 Å². The van der Waals surface area contributed by atoms with Crippen molar-refractivity contribution in [2.45, 2.75) is 20.8 Å². The summed E-state index contributed by atoms with van der Waals surface area (Å²) >= 11 is 6.04. The van der Waals surface area contributed by atoms with E-state index in [-0.39, 0.29) is 5.75 Å². The number of carbonyl (C=O) groups excluding carboxylic acids is 3. The molecule has 0 heterocycles. The standard InChI is InChI=1S/C25H22ClN3O4/c1-15-7-6-8-18(13-15)25(32)33-22-10-5-4-9-20(22)17(3)28-29-24(31)23(30)27-19-12-11-16(2)21(26)14-19/h4-14H,1-3H3,(H,27,30)(H,29,31). The zero-order valence-corrected chi connectivity index (χ0v) is 19.1. The minimum absolute atomic E-state index is 0.276. The highest BCUT2D eigenvalue weighted by Gasteiger charge is 2.16. The highest BCUT2D eigenvalue weighted by molar-refractivity contribution is 6.40. The number of para-hydroxylation sites is 1. The molecule has 0 atom stereocenters. The summed E-state index contributed by atoms with van der Waals surface area (Å²) in [5.41, 5.74) is 5.64. The fraction of sp³-hybridized carbons (Fsp3) is 0.120. The number of hydrazone groups is 1. The summed E-state index contributed by atoms with van der Waals surface area (Å²) in [6.45, 7) is 5.33. The lowest BCUT2D eigenvalue weighted by Gasteiger charge is -2.10. The molecule has 33 heavy (non-hydrogen) atoms. The third-order valence-electron chi connectivity index (χ3n) is 4.69. The Morgan fingerprint density at radius 1 is 0.909 bits per heavy atom. The Morgan fingerprint density at radius 2 is 1.67 bits per heavy atom. The van der Waals surface area contributed by atoms with Gasteiger partial charge in [0.15, 0.2) is 0 Å². The Bertz CT molecular complexity index is 1250. The van der Waals surface area contributed by atoms with Crippen molar-refractivity contribution in [2.75, 3.05) is 5.32 Å². The van der Waals surface area contributed by atoms with Crippen molar-refractivity contribution in [2.24, 2.45) is 5.10 Å². The Labute approximate surface area is 196 Å². The number of benzene rings is 3. The Balaban J connectivity index is 1.69. The van der Waals surface area contributed by atoms with Crippen molar-refractivity contribution in [3.63, 3.8) is 0 Å². The van der Waals surface area contributed by atoms with Gasteiger partial charge in [-0.2, -0.15) is 5.10 Å². The highest BCUT2D eigenvalue weighted by Crippen LogP contribution is 2.21. The average Bonchev–Trinajstić information content (AvgIpc) is 2.80. The fourth-order valence-corrected chi connectivity index (χ4v) is 3.07. The van der Waals surface area contributed by atoms with Gasteiger partial charge in [0.05, 0.1) is 11.3 Å². The topological polar surface area (TPSA) is 96.9 Å². The highest BCUT2D eigenvalue weighted by atomic mass is 35.5. The zero-order chi connectivity index (χ0) is 24.0. The van der Waals surface area contributed by atoms with Gasteiger partial charge in [-0.05, 0) is 62.7 Å². The Hall–Kier alpha value is -3.97. The molecule has 0 saturated carbocycles. The molecular formula is C25H22ClN3O4. The summed E-state index contributed by atoms with van der Waals surface area (Å²) in [4.78, 5) is 36.8. The number of rotatable bonds is 5. The number of hydrogen-bond acceptors (Lipinski definition) is 5. The van der Waals surface area contributed by atoms with Gasteiger partial charge in [-0.25, -0.2) is 10.2 Å². The van der Waals surface area contributed by atoms with Crippen LogP contribution in [-0.2, 0) is 9.59 Å². The second-order valence-electron chi connectivity index (χ2n) is 7.31. The molecule has 2 N–H and O–H groups in total. The van der Waals surface area contributed by atoms with E-state index >= 15 is 0 Å². The number of aryl methyl sites for hydroxylation is 2. The van der Waals surface area contributed by atoms with E-state index in [4.69, 9.17) is 16.3 Å². The number of anilines is 1. The first kappa shape index (κ1) is 23.7. The van der Waals surface area contributed by atoms with Crippen LogP contribution in [0.25, 0.3) is 0 Å². The molecule has 0 radical (unpaired) electrons. The Kier molecular flexibility index (Phi) is 7.58. The maximum absolute atomic E-state index is 12.5. The van der Waals surface area contributed by atoms with Crippen LogP contribution in [0.2, 0.25) is 5.02 Å². The zero-order valence-electron chi connectivity index (χ0n) is 18.3. The number of nitrogens with one attached hydrogen (secondary N) is 2. The quantitative estimate of drug-likeness (QED) is 0.189. The van der Waals surface area contributed by atoms with Crippen LogP contribution in [0.3, 0.4) is 0 Å². The summed E-state index contributed by atoms with van der Waals surface area (Å²) < 4.78 is 5.54. The lowest BCUT2D eigenvalue weighted by atomic mass is 10.1. The van der Waals surface area contributed by atoms with E-state index in [9.17, 15) is 14.4 Å². The SMILES string of the molecule is CC(=NNC(=O)C(=O)Nc1ccc(C)c(Cl)c1)c1ccccc1OC(=O)c1cccc(C)c1. The maximum atomic E-state index is 12.5. The van der Waals surface area contributed by atoms with Gasteiger partial charge in [0.2, 0.25) is 0 Å². The number of nitrogens with zero attached hydrogens (tertiary/aromatic N) is 1. The van der Waals surface area contributed by atoms with Crippen molar-refractivity contribution >= 4 is 40.8 Å². The molecule has 0 fully saturated rings. The van der Waals surface area contributed by atoms with Crippen molar-refractivity contribution in [1.29, 1.82) is 0 Å². The van der Waals surface area contributed by atoms with Gasteiger partial charge >= 0.3 is 17.8 Å². The second-order valence-corrected chi connectivity index (χ2v) is 7.72. The average molecular weight is 464 g/mol. The van der Waals surface area contributed by atoms with Crippen molar-refractivity contribution in [3.8, 4) is 5.75 Å². The molecule has 168 valence electrons. The molecule has 0 aliphatic heterocycles. The van der Waals surface area contributed by atoms with Crippen LogP contribution in [-0.4, -0.2) is 23.5 Å². The number of carbonyl (C=O) groups is 3. The first-order chi connectivity index (χ1) is 15.7. The van der Waals surface area contributed by atoms with Crippen molar-refractivity contribution < 1.29 is 19.1 Å². The number of ether oxygens (including phenoxy) is 1. The molecule has 3 aromatic carbocycles. The third-order valence-corrected chi connectivity index (χ3v) is 5.10. The van der Waals surface area contributed by atoms with E-state index < -0.39 is 17.8 Å². The van der Waals surface area contributed by atoms with Crippen LogP contribution >= 0.6 is 11.6 Å². The summed E-state index contributed by atoms with van der Waals surface area (Å²) in [6.07, 6.45) is 0. The Morgan fingerprint density at radius 3 is 2.39 bits per heavy atom. The lowest BCUT2D eigenvalue weighted by Crippen LogP contribution is -2.33. The predicted molar refractivity (Wildman–Crippen MR) is 128 cm³/mol. The number of amides is 2. The summed E-state index contributed by atoms with van der Waals surface area (Å²) in [7, 11) is 0. The molecule has 0 aromatic heterocycles. The van der Waals surface area contributed by atoms with Crippen LogP contribution in [0, 0.1) is 13.8 Å². The molecule has 0 spiro atoms. The van der Waals surface area contributed by atoms with Gasteiger partial charge in [-0.3, -0.25) is 9.59 Å². The van der Waals surface area contributed by atoms with Gasteiger partial charge in [-0.15, -0.1) is 0 Å². The number of esters is 1. The minimum Gasteiger partial charge on any atom is -0.422 e. The monoisotopic (exact) mass is 463 g/mol. The molecule has 0 bridgehead atoms. The van der Waals surface area contributed by atoms with E-state index in [1.54, 1.807) is 67.6 Å². The molecule has 0 unspecified atom stereocenters. The summed E-state index contributed by atoms with van der Waals surface area (Å²) in [5.74, 6) is -2.09. The van der Waals surface area contributed by atoms with Crippen LogP contribution in [0.1, 0.15) is 34.0 Å². The number of halogens is 1. The lowest BCUT2D eigenvalue weighted by molar-refractivity contribution is -0.136. The van der Waals surface area contributed by atoms with Gasteiger partial charge in [-0.1, -0.05) is 47.5 Å². The van der Waals surface area contributed by atoms with Crippen LogP contribution in [0.5, 0.6) is 5.75 Å². The van der Waals surface area contributed by atoms with E-state index in [2.05, 4.69) is 15.8 Å². The second kappa shape index (κ2) is 10.6. The molecule has 7 nitrogen and oxygen atoms in total. The van der Waals surface area contributed by atoms with E-state index in [0.29, 0.717) is 27.5 Å². The first-order valence-electron chi connectivity index (χ1n) is 10.0. The van der Waals surface area contributed by atoms with E-state index in [1.165, 1.54) is 0 Å². The van der Waals surface area contributed by atoms with E-state index in [1.807, 2.05) is 19.9 Å². The summed E-state index contributed by atoms with van der Waals surface area (Å²) in [5, 5.41) is 6.91. The summed E-state index contributed by atoms with van der Waals surface area (Å²) in [6, 6.07) is 18.7.